The summed E-state index contributed by atoms with van der Waals surface area (Å²) in [6.07, 6.45) is 14.2. The molecule has 0 aromatic rings. The number of ether oxygens (including phenoxy) is 1. The van der Waals surface area contributed by atoms with Crippen molar-refractivity contribution in [1.82, 2.24) is 0 Å². The zero-order valence-electron chi connectivity index (χ0n) is 16.0. The summed E-state index contributed by atoms with van der Waals surface area (Å²) in [4.78, 5) is 24.0. The van der Waals surface area contributed by atoms with Crippen LogP contribution in [-0.2, 0) is 14.3 Å². The lowest BCUT2D eigenvalue weighted by atomic mass is 9.47. The van der Waals surface area contributed by atoms with E-state index in [0.717, 1.165) is 19.3 Å². The number of esters is 1. The van der Waals surface area contributed by atoms with Crippen molar-refractivity contribution in [2.24, 2.45) is 46.8 Å². The summed E-state index contributed by atoms with van der Waals surface area (Å²) in [5.74, 6) is 4.31. The fourth-order valence-corrected chi connectivity index (χ4v) is 8.46. The van der Waals surface area contributed by atoms with Crippen LogP contribution in [0.2, 0.25) is 0 Å². The van der Waals surface area contributed by atoms with Gasteiger partial charge in [0.15, 0.2) is 5.78 Å². The number of fused-ring (bicyclic) bond motifs is 9. The molecule has 0 aromatic heterocycles. The molecule has 3 nitrogen and oxygen atoms in total. The Balaban J connectivity index is 1.43. The molecule has 5 aliphatic carbocycles. The predicted octanol–water partition coefficient (Wildman–Crippen LogP) is 4.25. The van der Waals surface area contributed by atoms with Crippen LogP contribution in [0.5, 0.6) is 0 Å². The lowest BCUT2D eigenvalue weighted by molar-refractivity contribution is -0.169. The van der Waals surface area contributed by atoms with Crippen LogP contribution in [0.3, 0.4) is 0 Å². The zero-order valence-corrected chi connectivity index (χ0v) is 16.0. The third-order valence-electron chi connectivity index (χ3n) is 9.43. The van der Waals surface area contributed by atoms with E-state index in [-0.39, 0.29) is 17.0 Å². The van der Waals surface area contributed by atoms with E-state index in [0.29, 0.717) is 53.6 Å². The Morgan fingerprint density at radius 3 is 2.85 bits per heavy atom. The largest absolute Gasteiger partial charge is 0.451 e. The molecule has 3 heteroatoms. The van der Waals surface area contributed by atoms with Crippen molar-refractivity contribution in [2.75, 3.05) is 0 Å². The second kappa shape index (κ2) is 5.04. The fraction of sp³-hybridized carbons (Fsp3) is 0.667. The molecule has 4 saturated carbocycles. The SMILES string of the molecule is C=C[C@@H]1CC2=CC(=O)CC[C@@H]2[C@H]2CC[C@@]3(C)[C@@H]([C@H]4C[C@H]4[C@@]34C=CC(=O)O4)[C@@H]21. The third-order valence-corrected chi connectivity index (χ3v) is 9.43. The third kappa shape index (κ3) is 1.84. The highest BCUT2D eigenvalue weighted by atomic mass is 16.6. The normalized spacial score (nSPS) is 54.6. The molecule has 4 fully saturated rings. The maximum atomic E-state index is 12.0. The molecule has 0 saturated heterocycles. The standard InChI is InChI=1S/C24H28O3/c1-3-13-10-14-11-15(25)4-5-16(14)17-6-8-23(2)22(21(13)17)18-12-19(18)24(23)9-7-20(26)27-24/h3,7,9,11,13,16-19,21-22H,1,4-6,8,10,12H2,2H3/t13-,16+,17-,18+,19-,21-,22+,23+,24+/m1/s1. The molecule has 0 amide bonds. The Labute approximate surface area is 160 Å². The fourth-order valence-electron chi connectivity index (χ4n) is 8.46. The predicted molar refractivity (Wildman–Crippen MR) is 101 cm³/mol. The van der Waals surface area contributed by atoms with Crippen molar-refractivity contribution in [2.45, 2.75) is 51.0 Å². The summed E-state index contributed by atoms with van der Waals surface area (Å²) in [6, 6.07) is 0. The molecule has 1 spiro atoms. The van der Waals surface area contributed by atoms with Crippen LogP contribution in [0, 0.1) is 46.8 Å². The second-order valence-corrected chi connectivity index (χ2v) is 10.2. The maximum absolute atomic E-state index is 12.0. The number of ketones is 1. The van der Waals surface area contributed by atoms with Crippen LogP contribution >= 0.6 is 0 Å². The first-order valence-electron chi connectivity index (χ1n) is 10.8. The monoisotopic (exact) mass is 364 g/mol. The maximum Gasteiger partial charge on any atom is 0.331 e. The number of hydrogen-bond donors (Lipinski definition) is 0. The Hall–Kier alpha value is -1.64. The summed E-state index contributed by atoms with van der Waals surface area (Å²) in [5, 5.41) is 0. The van der Waals surface area contributed by atoms with Crippen molar-refractivity contribution < 1.29 is 14.3 Å². The average molecular weight is 364 g/mol. The van der Waals surface area contributed by atoms with E-state index in [9.17, 15) is 9.59 Å². The number of hydrogen-bond acceptors (Lipinski definition) is 3. The lowest BCUT2D eigenvalue weighted by Gasteiger charge is -2.58. The Morgan fingerprint density at radius 1 is 1.26 bits per heavy atom. The smallest absolute Gasteiger partial charge is 0.331 e. The minimum absolute atomic E-state index is 0.0530. The van der Waals surface area contributed by atoms with Gasteiger partial charge in [-0.25, -0.2) is 4.79 Å². The van der Waals surface area contributed by atoms with Gasteiger partial charge in [0.1, 0.15) is 5.60 Å². The molecule has 0 unspecified atom stereocenters. The molecule has 0 bridgehead atoms. The molecule has 6 rings (SSSR count). The molecule has 142 valence electrons. The molecule has 1 aliphatic heterocycles. The molecule has 9 atom stereocenters. The quantitative estimate of drug-likeness (QED) is 0.516. The highest BCUT2D eigenvalue weighted by Crippen LogP contribution is 2.78. The summed E-state index contributed by atoms with van der Waals surface area (Å²) < 4.78 is 6.07. The Bertz CT molecular complexity index is 821. The first-order valence-corrected chi connectivity index (χ1v) is 10.8. The first kappa shape index (κ1) is 16.3. The number of rotatable bonds is 1. The van der Waals surface area contributed by atoms with Crippen LogP contribution in [0.25, 0.3) is 0 Å². The Morgan fingerprint density at radius 2 is 2.11 bits per heavy atom. The molecule has 0 N–H and O–H groups in total. The molecule has 0 aromatic carbocycles. The van der Waals surface area contributed by atoms with Crippen LogP contribution < -0.4 is 0 Å². The van der Waals surface area contributed by atoms with Gasteiger partial charge in [-0.2, -0.15) is 0 Å². The summed E-state index contributed by atoms with van der Waals surface area (Å²) >= 11 is 0. The van der Waals surface area contributed by atoms with Crippen LogP contribution in [0.15, 0.2) is 36.5 Å². The van der Waals surface area contributed by atoms with Gasteiger partial charge in [0.05, 0.1) is 0 Å². The second-order valence-electron chi connectivity index (χ2n) is 10.2. The number of carbonyl (C=O) groups excluding carboxylic acids is 2. The van der Waals surface area contributed by atoms with Gasteiger partial charge in [0.25, 0.3) is 0 Å². The first-order chi connectivity index (χ1) is 13.0. The van der Waals surface area contributed by atoms with Gasteiger partial charge < -0.3 is 4.74 Å². The van der Waals surface area contributed by atoms with Crippen molar-refractivity contribution in [1.29, 1.82) is 0 Å². The highest BCUT2D eigenvalue weighted by Gasteiger charge is 2.78. The minimum Gasteiger partial charge on any atom is -0.451 e. The van der Waals surface area contributed by atoms with E-state index < -0.39 is 0 Å². The van der Waals surface area contributed by atoms with Gasteiger partial charge in [-0.3, -0.25) is 4.79 Å². The Kier molecular flexibility index (Phi) is 3.05. The topological polar surface area (TPSA) is 43.4 Å². The van der Waals surface area contributed by atoms with Gasteiger partial charge in [-0.05, 0) is 79.8 Å². The van der Waals surface area contributed by atoms with Crippen LogP contribution in [0.4, 0.5) is 0 Å². The number of carbonyl (C=O) groups is 2. The summed E-state index contributed by atoms with van der Waals surface area (Å²) in [5.41, 5.74) is 1.10. The van der Waals surface area contributed by atoms with Crippen molar-refractivity contribution in [3.8, 4) is 0 Å². The van der Waals surface area contributed by atoms with E-state index in [1.54, 1.807) is 6.08 Å². The van der Waals surface area contributed by atoms with E-state index in [1.165, 1.54) is 18.4 Å². The minimum atomic E-state index is -0.352. The van der Waals surface area contributed by atoms with E-state index in [2.05, 4.69) is 25.7 Å². The molecular formula is C24H28O3. The molecule has 1 heterocycles. The zero-order chi connectivity index (χ0) is 18.6. The van der Waals surface area contributed by atoms with Gasteiger partial charge >= 0.3 is 5.97 Å². The molecular weight excluding hydrogens is 336 g/mol. The number of allylic oxidation sites excluding steroid dienone is 2. The van der Waals surface area contributed by atoms with Gasteiger partial charge in [-0.1, -0.05) is 18.6 Å². The highest BCUT2D eigenvalue weighted by molar-refractivity contribution is 5.91. The van der Waals surface area contributed by atoms with Crippen LogP contribution in [-0.4, -0.2) is 17.4 Å². The van der Waals surface area contributed by atoms with E-state index >= 15 is 0 Å². The summed E-state index contributed by atoms with van der Waals surface area (Å²) in [6.45, 7) is 6.60. The van der Waals surface area contributed by atoms with Crippen molar-refractivity contribution >= 4 is 11.8 Å². The molecule has 0 radical (unpaired) electrons. The summed E-state index contributed by atoms with van der Waals surface area (Å²) in [7, 11) is 0. The van der Waals surface area contributed by atoms with Gasteiger partial charge in [-0.15, -0.1) is 6.58 Å². The van der Waals surface area contributed by atoms with Crippen LogP contribution in [0.1, 0.15) is 45.4 Å². The average Bonchev–Trinajstić information content (AvgIpc) is 3.29. The van der Waals surface area contributed by atoms with E-state index in [4.69, 9.17) is 4.74 Å². The molecule has 27 heavy (non-hydrogen) atoms. The van der Waals surface area contributed by atoms with Gasteiger partial charge in [0, 0.05) is 23.8 Å². The van der Waals surface area contributed by atoms with Gasteiger partial charge in [0.2, 0.25) is 0 Å². The van der Waals surface area contributed by atoms with Crippen molar-refractivity contribution in [3.63, 3.8) is 0 Å². The molecule has 6 aliphatic rings. The lowest BCUT2D eigenvalue weighted by Crippen LogP contribution is -2.56. The van der Waals surface area contributed by atoms with Crippen molar-refractivity contribution in [3.05, 3.63) is 36.5 Å². The van der Waals surface area contributed by atoms with E-state index in [1.807, 2.05) is 6.08 Å².